The van der Waals surface area contributed by atoms with E-state index in [1.54, 1.807) is 25.1 Å². The number of hydrogen-bond donors (Lipinski definition) is 1. The quantitative estimate of drug-likeness (QED) is 0.663. The molecule has 90 valence electrons. The third-order valence-corrected chi connectivity index (χ3v) is 2.73. The number of phenolic OH excluding ortho intramolecular Hbond substituents is 1. The highest BCUT2D eigenvalue weighted by Crippen LogP contribution is 2.14. The third-order valence-electron chi connectivity index (χ3n) is 2.73. The van der Waals surface area contributed by atoms with Gasteiger partial charge in [0.15, 0.2) is 0 Å². The van der Waals surface area contributed by atoms with Gasteiger partial charge in [-0.3, -0.25) is 9.59 Å². The number of phenols is 1. The van der Waals surface area contributed by atoms with Crippen LogP contribution >= 0.6 is 0 Å². The minimum atomic E-state index is -0.565. The topological polar surface area (TPSA) is 54.4 Å². The van der Waals surface area contributed by atoms with Gasteiger partial charge in [0.1, 0.15) is 5.75 Å². The molecular weight excluding hydrogens is 228 g/mol. The fourth-order valence-electron chi connectivity index (χ4n) is 1.69. The number of aryl methyl sites for hydroxylation is 1. The van der Waals surface area contributed by atoms with Gasteiger partial charge in [-0.05, 0) is 36.8 Å². The monoisotopic (exact) mass is 240 g/mol. The van der Waals surface area contributed by atoms with Crippen LogP contribution in [0.5, 0.6) is 5.75 Å². The van der Waals surface area contributed by atoms with E-state index in [1.807, 2.05) is 6.07 Å². The highest BCUT2D eigenvalue weighted by molar-refractivity contribution is 6.49. The Kier molecular flexibility index (Phi) is 3.24. The standard InChI is InChI=1S/C15H12O3/c1-10-4-2-3-5-13(10)15(18)14(17)11-6-8-12(16)9-7-11/h2-9,16H,1H3. The summed E-state index contributed by atoms with van der Waals surface area (Å²) in [7, 11) is 0. The number of ketones is 2. The predicted octanol–water partition coefficient (Wildman–Crippen LogP) is 2.77. The Morgan fingerprint density at radius 3 is 2.11 bits per heavy atom. The van der Waals surface area contributed by atoms with Gasteiger partial charge in [0.25, 0.3) is 0 Å². The molecule has 0 spiro atoms. The van der Waals surface area contributed by atoms with Crippen LogP contribution in [0.15, 0.2) is 48.5 Å². The summed E-state index contributed by atoms with van der Waals surface area (Å²) in [5.41, 5.74) is 1.46. The Labute approximate surface area is 105 Å². The van der Waals surface area contributed by atoms with Gasteiger partial charge in [-0.25, -0.2) is 0 Å². The summed E-state index contributed by atoms with van der Waals surface area (Å²) in [6.45, 7) is 1.79. The molecule has 0 aliphatic rings. The van der Waals surface area contributed by atoms with Crippen molar-refractivity contribution in [3.8, 4) is 5.75 Å². The first kappa shape index (κ1) is 12.0. The summed E-state index contributed by atoms with van der Waals surface area (Å²) in [6, 6.07) is 12.6. The van der Waals surface area contributed by atoms with Crippen molar-refractivity contribution in [2.45, 2.75) is 6.92 Å². The third kappa shape index (κ3) is 2.30. The first-order valence-corrected chi connectivity index (χ1v) is 5.53. The maximum absolute atomic E-state index is 12.0. The molecule has 3 heteroatoms. The maximum atomic E-state index is 12.0. The summed E-state index contributed by atoms with van der Waals surface area (Å²) in [4.78, 5) is 24.0. The zero-order chi connectivity index (χ0) is 13.1. The van der Waals surface area contributed by atoms with Gasteiger partial charge in [-0.2, -0.15) is 0 Å². The summed E-state index contributed by atoms with van der Waals surface area (Å²) < 4.78 is 0. The molecule has 0 fully saturated rings. The fourth-order valence-corrected chi connectivity index (χ4v) is 1.69. The maximum Gasteiger partial charge on any atom is 0.233 e. The highest BCUT2D eigenvalue weighted by Gasteiger charge is 2.19. The van der Waals surface area contributed by atoms with Crippen molar-refractivity contribution < 1.29 is 14.7 Å². The minimum absolute atomic E-state index is 0.0647. The van der Waals surface area contributed by atoms with Crippen LogP contribution in [0.3, 0.4) is 0 Å². The number of carbonyl (C=O) groups excluding carboxylic acids is 2. The molecule has 0 bridgehead atoms. The lowest BCUT2D eigenvalue weighted by atomic mass is 9.98. The molecule has 0 unspecified atom stereocenters. The van der Waals surface area contributed by atoms with E-state index >= 15 is 0 Å². The molecule has 2 rings (SSSR count). The Balaban J connectivity index is 2.33. The Bertz CT molecular complexity index is 597. The molecular formula is C15H12O3. The summed E-state index contributed by atoms with van der Waals surface area (Å²) in [5, 5.41) is 9.14. The van der Waals surface area contributed by atoms with Crippen molar-refractivity contribution in [1.82, 2.24) is 0 Å². The average Bonchev–Trinajstić information content (AvgIpc) is 2.38. The van der Waals surface area contributed by atoms with E-state index < -0.39 is 11.6 Å². The second kappa shape index (κ2) is 4.84. The lowest BCUT2D eigenvalue weighted by Crippen LogP contribution is -2.15. The number of aromatic hydroxyl groups is 1. The lowest BCUT2D eigenvalue weighted by molar-refractivity contribution is 0.0816. The highest BCUT2D eigenvalue weighted by atomic mass is 16.3. The molecule has 0 radical (unpaired) electrons. The smallest absolute Gasteiger partial charge is 0.233 e. The molecule has 2 aromatic rings. The van der Waals surface area contributed by atoms with Crippen molar-refractivity contribution in [3.05, 3.63) is 65.2 Å². The summed E-state index contributed by atoms with van der Waals surface area (Å²) in [5.74, 6) is -1.03. The van der Waals surface area contributed by atoms with Crippen LogP contribution in [-0.4, -0.2) is 16.7 Å². The van der Waals surface area contributed by atoms with E-state index in [2.05, 4.69) is 0 Å². The van der Waals surface area contributed by atoms with Crippen LogP contribution in [0.4, 0.5) is 0 Å². The zero-order valence-electron chi connectivity index (χ0n) is 9.88. The molecule has 0 saturated carbocycles. The second-order valence-electron chi connectivity index (χ2n) is 4.02. The number of benzene rings is 2. The molecule has 0 atom stereocenters. The van der Waals surface area contributed by atoms with E-state index in [0.717, 1.165) is 5.56 Å². The normalized spacial score (nSPS) is 10.1. The Morgan fingerprint density at radius 2 is 1.50 bits per heavy atom. The van der Waals surface area contributed by atoms with E-state index in [4.69, 9.17) is 5.11 Å². The first-order valence-electron chi connectivity index (χ1n) is 5.53. The van der Waals surface area contributed by atoms with Gasteiger partial charge >= 0.3 is 0 Å². The van der Waals surface area contributed by atoms with Crippen LogP contribution in [0.2, 0.25) is 0 Å². The van der Waals surface area contributed by atoms with Gasteiger partial charge in [0, 0.05) is 11.1 Å². The van der Waals surface area contributed by atoms with Gasteiger partial charge < -0.3 is 5.11 Å². The molecule has 18 heavy (non-hydrogen) atoms. The number of hydrogen-bond acceptors (Lipinski definition) is 3. The average molecular weight is 240 g/mol. The summed E-state index contributed by atoms with van der Waals surface area (Å²) >= 11 is 0. The molecule has 0 aliphatic carbocycles. The van der Waals surface area contributed by atoms with Crippen LogP contribution < -0.4 is 0 Å². The number of carbonyl (C=O) groups is 2. The largest absolute Gasteiger partial charge is 0.508 e. The molecule has 0 amide bonds. The van der Waals surface area contributed by atoms with Crippen LogP contribution in [0, 0.1) is 6.92 Å². The van der Waals surface area contributed by atoms with Crippen molar-refractivity contribution in [2.75, 3.05) is 0 Å². The molecule has 0 aromatic heterocycles. The molecule has 0 aliphatic heterocycles. The molecule has 0 saturated heterocycles. The molecule has 1 N–H and O–H groups in total. The Hall–Kier alpha value is -2.42. The molecule has 0 heterocycles. The van der Waals surface area contributed by atoms with Crippen molar-refractivity contribution in [2.24, 2.45) is 0 Å². The van der Waals surface area contributed by atoms with Crippen molar-refractivity contribution >= 4 is 11.6 Å². The fraction of sp³-hybridized carbons (Fsp3) is 0.0667. The first-order chi connectivity index (χ1) is 8.59. The minimum Gasteiger partial charge on any atom is -0.508 e. The van der Waals surface area contributed by atoms with Gasteiger partial charge in [0.2, 0.25) is 11.6 Å². The van der Waals surface area contributed by atoms with E-state index in [0.29, 0.717) is 5.56 Å². The second-order valence-corrected chi connectivity index (χ2v) is 4.02. The van der Waals surface area contributed by atoms with Crippen LogP contribution in [0.1, 0.15) is 26.3 Å². The lowest BCUT2D eigenvalue weighted by Gasteiger charge is -2.04. The van der Waals surface area contributed by atoms with Crippen LogP contribution in [0.25, 0.3) is 0 Å². The number of Topliss-reactive ketones (excluding diaryl/α,β-unsaturated/α-hetero) is 2. The molecule has 2 aromatic carbocycles. The van der Waals surface area contributed by atoms with Gasteiger partial charge in [-0.1, -0.05) is 24.3 Å². The van der Waals surface area contributed by atoms with E-state index in [-0.39, 0.29) is 11.3 Å². The van der Waals surface area contributed by atoms with E-state index in [9.17, 15) is 9.59 Å². The Morgan fingerprint density at radius 1 is 0.889 bits per heavy atom. The van der Waals surface area contributed by atoms with Gasteiger partial charge in [0.05, 0.1) is 0 Å². The SMILES string of the molecule is Cc1ccccc1C(=O)C(=O)c1ccc(O)cc1. The van der Waals surface area contributed by atoms with Crippen LogP contribution in [-0.2, 0) is 0 Å². The summed E-state index contributed by atoms with van der Waals surface area (Å²) in [6.07, 6.45) is 0. The van der Waals surface area contributed by atoms with Crippen molar-refractivity contribution in [3.63, 3.8) is 0 Å². The van der Waals surface area contributed by atoms with Crippen molar-refractivity contribution in [1.29, 1.82) is 0 Å². The van der Waals surface area contributed by atoms with E-state index in [1.165, 1.54) is 24.3 Å². The predicted molar refractivity (Wildman–Crippen MR) is 67.9 cm³/mol. The van der Waals surface area contributed by atoms with Gasteiger partial charge in [-0.15, -0.1) is 0 Å². The zero-order valence-corrected chi connectivity index (χ0v) is 9.88. The number of rotatable bonds is 3. The molecule has 3 nitrogen and oxygen atoms in total.